The molecule has 0 saturated carbocycles. The van der Waals surface area contributed by atoms with Crippen LogP contribution >= 0.6 is 0 Å². The topological polar surface area (TPSA) is 47.6 Å². The number of alkyl carbamates (subject to hydrolysis) is 1. The van der Waals surface area contributed by atoms with Crippen molar-refractivity contribution >= 4 is 6.09 Å². The van der Waals surface area contributed by atoms with Crippen molar-refractivity contribution in [2.45, 2.75) is 6.10 Å². The minimum atomic E-state index is -0.410. The third kappa shape index (κ3) is 1.88. The molecule has 0 aliphatic carbocycles. The van der Waals surface area contributed by atoms with Gasteiger partial charge in [-0.1, -0.05) is 0 Å². The second kappa shape index (κ2) is 3.41. The largest absolute Gasteiger partial charge is 0.443 e. The fourth-order valence-corrected chi connectivity index (χ4v) is 0.706. The second-order valence-electron chi connectivity index (χ2n) is 1.97. The maximum Gasteiger partial charge on any atom is 0.407 e. The normalized spacial score (nSPS) is 24.3. The Labute approximate surface area is 59.5 Å². The van der Waals surface area contributed by atoms with E-state index >= 15 is 0 Å². The Hall–Kier alpha value is -0.770. The molecular formula is C6H10NO3. The summed E-state index contributed by atoms with van der Waals surface area (Å²) in [6.45, 7) is 1.05. The van der Waals surface area contributed by atoms with Gasteiger partial charge in [0.2, 0.25) is 0 Å². The van der Waals surface area contributed by atoms with Gasteiger partial charge in [-0.2, -0.15) is 0 Å². The van der Waals surface area contributed by atoms with Gasteiger partial charge in [-0.25, -0.2) is 4.79 Å². The average molecular weight is 144 g/mol. The van der Waals surface area contributed by atoms with Crippen molar-refractivity contribution in [1.29, 1.82) is 0 Å². The molecule has 1 radical (unpaired) electrons. The summed E-state index contributed by atoms with van der Waals surface area (Å²) in [5.74, 6) is 0. The van der Waals surface area contributed by atoms with E-state index in [0.29, 0.717) is 13.2 Å². The summed E-state index contributed by atoms with van der Waals surface area (Å²) in [5.41, 5.74) is 0. The fraction of sp³-hybridized carbons (Fsp3) is 0.667. The first kappa shape index (κ1) is 7.34. The summed E-state index contributed by atoms with van der Waals surface area (Å²) in [5, 5.41) is 2.36. The summed E-state index contributed by atoms with van der Waals surface area (Å²) in [6, 6.07) is 0. The summed E-state index contributed by atoms with van der Waals surface area (Å²) in [4.78, 5) is 10.6. The van der Waals surface area contributed by atoms with Crippen molar-refractivity contribution in [2.24, 2.45) is 0 Å². The SMILES string of the molecule is CNC(=O)OC1[CH]COC1. The predicted octanol–water partition coefficient (Wildman–Crippen LogP) is -0.0545. The van der Waals surface area contributed by atoms with Crippen molar-refractivity contribution < 1.29 is 14.3 Å². The van der Waals surface area contributed by atoms with Gasteiger partial charge in [0.25, 0.3) is 0 Å². The highest BCUT2D eigenvalue weighted by Crippen LogP contribution is 2.06. The Morgan fingerprint density at radius 1 is 1.90 bits per heavy atom. The van der Waals surface area contributed by atoms with E-state index in [1.807, 2.05) is 6.42 Å². The number of nitrogens with one attached hydrogen (secondary N) is 1. The van der Waals surface area contributed by atoms with Gasteiger partial charge in [0, 0.05) is 13.5 Å². The summed E-state index contributed by atoms with van der Waals surface area (Å²) >= 11 is 0. The first-order valence-corrected chi connectivity index (χ1v) is 3.12. The van der Waals surface area contributed by atoms with Crippen LogP contribution in [0.4, 0.5) is 4.79 Å². The first-order chi connectivity index (χ1) is 4.83. The molecule has 0 bridgehead atoms. The van der Waals surface area contributed by atoms with Gasteiger partial charge in [-0.15, -0.1) is 0 Å². The Kier molecular flexibility index (Phi) is 2.50. The van der Waals surface area contributed by atoms with Crippen LogP contribution in [-0.4, -0.2) is 32.5 Å². The molecule has 10 heavy (non-hydrogen) atoms. The Balaban J connectivity index is 2.17. The molecule has 1 fully saturated rings. The second-order valence-corrected chi connectivity index (χ2v) is 1.97. The van der Waals surface area contributed by atoms with Gasteiger partial charge in [-0.3, -0.25) is 0 Å². The number of hydrogen-bond donors (Lipinski definition) is 1. The predicted molar refractivity (Wildman–Crippen MR) is 34.4 cm³/mol. The lowest BCUT2D eigenvalue weighted by atomic mass is 10.3. The van der Waals surface area contributed by atoms with Crippen LogP contribution in [0.5, 0.6) is 0 Å². The Morgan fingerprint density at radius 3 is 3.20 bits per heavy atom. The summed E-state index contributed by atoms with van der Waals surface area (Å²) in [7, 11) is 1.53. The lowest BCUT2D eigenvalue weighted by Crippen LogP contribution is -2.26. The number of rotatable bonds is 1. The molecule has 57 valence electrons. The van der Waals surface area contributed by atoms with E-state index in [2.05, 4.69) is 5.32 Å². The van der Waals surface area contributed by atoms with E-state index in [-0.39, 0.29) is 6.10 Å². The maximum absolute atomic E-state index is 10.6. The molecule has 1 heterocycles. The number of carbonyl (C=O) groups is 1. The molecule has 4 heteroatoms. The zero-order valence-electron chi connectivity index (χ0n) is 5.79. The molecule has 1 rings (SSSR count). The average Bonchev–Trinajstić information content (AvgIpc) is 2.40. The van der Waals surface area contributed by atoms with E-state index in [4.69, 9.17) is 9.47 Å². The highest BCUT2D eigenvalue weighted by molar-refractivity contribution is 5.67. The summed E-state index contributed by atoms with van der Waals surface area (Å²) < 4.78 is 9.77. The molecule has 4 nitrogen and oxygen atoms in total. The van der Waals surface area contributed by atoms with E-state index in [1.165, 1.54) is 7.05 Å². The third-order valence-electron chi connectivity index (χ3n) is 1.22. The van der Waals surface area contributed by atoms with Crippen LogP contribution in [-0.2, 0) is 9.47 Å². The smallest absolute Gasteiger partial charge is 0.407 e. The number of amides is 1. The van der Waals surface area contributed by atoms with Crippen molar-refractivity contribution in [3.8, 4) is 0 Å². The van der Waals surface area contributed by atoms with E-state index < -0.39 is 6.09 Å². The lowest BCUT2D eigenvalue weighted by molar-refractivity contribution is 0.0898. The van der Waals surface area contributed by atoms with Crippen LogP contribution in [0.3, 0.4) is 0 Å². The van der Waals surface area contributed by atoms with Gasteiger partial charge >= 0.3 is 6.09 Å². The maximum atomic E-state index is 10.6. The van der Waals surface area contributed by atoms with Gasteiger partial charge in [0.1, 0.15) is 6.10 Å². The quantitative estimate of drug-likeness (QED) is 0.561. The van der Waals surface area contributed by atoms with Crippen molar-refractivity contribution in [1.82, 2.24) is 5.32 Å². The molecule has 1 amide bonds. The highest BCUT2D eigenvalue weighted by atomic mass is 16.6. The Morgan fingerprint density at radius 2 is 2.70 bits per heavy atom. The molecular weight excluding hydrogens is 134 g/mol. The molecule has 0 spiro atoms. The molecule has 1 aliphatic heterocycles. The molecule has 1 atom stereocenters. The van der Waals surface area contributed by atoms with E-state index in [1.54, 1.807) is 0 Å². The number of ether oxygens (including phenoxy) is 2. The summed E-state index contributed by atoms with van der Waals surface area (Å²) in [6.07, 6.45) is 1.24. The highest BCUT2D eigenvalue weighted by Gasteiger charge is 2.19. The van der Waals surface area contributed by atoms with Crippen LogP contribution in [0.15, 0.2) is 0 Å². The molecule has 1 N–H and O–H groups in total. The van der Waals surface area contributed by atoms with Gasteiger partial charge in [0.05, 0.1) is 13.2 Å². The van der Waals surface area contributed by atoms with Crippen LogP contribution < -0.4 is 5.32 Å². The molecule has 0 aromatic heterocycles. The first-order valence-electron chi connectivity index (χ1n) is 3.12. The van der Waals surface area contributed by atoms with Crippen LogP contribution in [0.1, 0.15) is 0 Å². The van der Waals surface area contributed by atoms with E-state index in [9.17, 15) is 4.79 Å². The number of hydrogen-bond acceptors (Lipinski definition) is 3. The Bertz CT molecular complexity index is 120. The molecule has 1 aliphatic rings. The molecule has 1 saturated heterocycles. The molecule has 0 aromatic carbocycles. The number of carbonyl (C=O) groups excluding carboxylic acids is 1. The van der Waals surface area contributed by atoms with Gasteiger partial charge < -0.3 is 14.8 Å². The van der Waals surface area contributed by atoms with Gasteiger partial charge in [-0.05, 0) is 0 Å². The van der Waals surface area contributed by atoms with E-state index in [0.717, 1.165) is 0 Å². The van der Waals surface area contributed by atoms with Crippen LogP contribution in [0.25, 0.3) is 0 Å². The standard InChI is InChI=1S/C6H10NO3/c1-7-6(8)10-5-2-3-9-4-5/h2,5H,3-4H2,1H3,(H,7,8). The third-order valence-corrected chi connectivity index (χ3v) is 1.22. The zero-order valence-corrected chi connectivity index (χ0v) is 5.79. The van der Waals surface area contributed by atoms with Crippen molar-refractivity contribution in [3.63, 3.8) is 0 Å². The van der Waals surface area contributed by atoms with Crippen molar-refractivity contribution in [2.75, 3.05) is 20.3 Å². The van der Waals surface area contributed by atoms with Crippen molar-refractivity contribution in [3.05, 3.63) is 6.42 Å². The monoisotopic (exact) mass is 144 g/mol. The lowest BCUT2D eigenvalue weighted by Gasteiger charge is -2.07. The molecule has 1 unspecified atom stereocenters. The van der Waals surface area contributed by atoms with Gasteiger partial charge in [0.15, 0.2) is 0 Å². The minimum absolute atomic E-state index is 0.167. The minimum Gasteiger partial charge on any atom is -0.443 e. The van der Waals surface area contributed by atoms with Crippen LogP contribution in [0, 0.1) is 6.42 Å². The van der Waals surface area contributed by atoms with Crippen LogP contribution in [0.2, 0.25) is 0 Å². The zero-order chi connectivity index (χ0) is 7.40. The molecule has 0 aromatic rings. The fourth-order valence-electron chi connectivity index (χ4n) is 0.706.